The Hall–Kier alpha value is -3.51. The van der Waals surface area contributed by atoms with E-state index in [1.165, 1.54) is 11.7 Å². The Bertz CT molecular complexity index is 927. The number of anilines is 1. The van der Waals surface area contributed by atoms with E-state index in [2.05, 4.69) is 20.3 Å². The molecule has 0 saturated heterocycles. The molecule has 1 heterocycles. The van der Waals surface area contributed by atoms with Crippen LogP contribution in [0.4, 0.5) is 16.4 Å². The predicted octanol–water partition coefficient (Wildman–Crippen LogP) is 4.07. The molecule has 3 aromatic rings. The monoisotopic (exact) mass is 308 g/mol. The van der Waals surface area contributed by atoms with Crippen LogP contribution in [0.3, 0.4) is 0 Å². The summed E-state index contributed by atoms with van der Waals surface area (Å²) in [6.07, 6.45) is 0. The van der Waals surface area contributed by atoms with E-state index in [4.69, 9.17) is 10.3 Å². The number of rotatable bonds is 3. The van der Waals surface area contributed by atoms with Crippen LogP contribution < -0.4 is 10.1 Å². The van der Waals surface area contributed by atoms with Crippen LogP contribution in [0.2, 0.25) is 0 Å². The number of benzene rings is 2. The minimum atomic E-state index is -0.495. The molecule has 0 aliphatic rings. The van der Waals surface area contributed by atoms with Crippen molar-refractivity contribution in [3.63, 3.8) is 0 Å². The number of amides is 1. The normalized spacial score (nSPS) is 10.1. The first-order valence-electron chi connectivity index (χ1n) is 6.71. The zero-order chi connectivity index (χ0) is 16.2. The number of para-hydroxylation sites is 4. The van der Waals surface area contributed by atoms with Crippen molar-refractivity contribution >= 4 is 28.7 Å². The van der Waals surface area contributed by atoms with Crippen LogP contribution in [0.25, 0.3) is 21.5 Å². The number of azide groups is 1. The minimum Gasteiger partial charge on any atom is -0.495 e. The first-order chi connectivity index (χ1) is 11.2. The van der Waals surface area contributed by atoms with Crippen molar-refractivity contribution in [3.8, 4) is 5.75 Å². The Morgan fingerprint density at radius 2 is 2.00 bits per heavy atom. The highest BCUT2D eigenvalue weighted by molar-refractivity contribution is 6.00. The average molecular weight is 308 g/mol. The quantitative estimate of drug-likeness (QED) is 0.448. The third-order valence-electron chi connectivity index (χ3n) is 3.23. The topological polar surface area (TPSA) is 105 Å². The van der Waals surface area contributed by atoms with Crippen molar-refractivity contribution in [2.75, 3.05) is 12.4 Å². The summed E-state index contributed by atoms with van der Waals surface area (Å²) in [4.78, 5) is 19.5. The van der Waals surface area contributed by atoms with Crippen molar-refractivity contribution in [2.45, 2.75) is 0 Å². The lowest BCUT2D eigenvalue weighted by atomic mass is 10.3. The Labute approximate surface area is 130 Å². The van der Waals surface area contributed by atoms with E-state index in [-0.39, 0.29) is 5.95 Å². The fourth-order valence-corrected chi connectivity index (χ4v) is 2.24. The highest BCUT2D eigenvalue weighted by Gasteiger charge is 2.16. The number of fused-ring (bicyclic) bond motifs is 1. The highest BCUT2D eigenvalue weighted by Crippen LogP contribution is 2.26. The SMILES string of the molecule is COc1ccccc1NC(=O)n1c(N=[N+]=[N-])nc2ccccc21. The summed E-state index contributed by atoms with van der Waals surface area (Å²) in [5.74, 6) is 0.497. The molecular formula is C15H12N6O2. The summed E-state index contributed by atoms with van der Waals surface area (Å²) < 4.78 is 6.43. The van der Waals surface area contributed by atoms with Crippen LogP contribution in [0.5, 0.6) is 5.75 Å². The summed E-state index contributed by atoms with van der Waals surface area (Å²) in [5, 5.41) is 6.22. The van der Waals surface area contributed by atoms with Gasteiger partial charge in [-0.3, -0.25) is 0 Å². The average Bonchev–Trinajstić information content (AvgIpc) is 2.93. The molecule has 0 fully saturated rings. The van der Waals surface area contributed by atoms with Gasteiger partial charge >= 0.3 is 6.03 Å². The predicted molar refractivity (Wildman–Crippen MR) is 85.9 cm³/mol. The van der Waals surface area contributed by atoms with Gasteiger partial charge in [-0.2, -0.15) is 0 Å². The minimum absolute atomic E-state index is 0.0268. The summed E-state index contributed by atoms with van der Waals surface area (Å²) in [6, 6.07) is 13.5. The zero-order valence-corrected chi connectivity index (χ0v) is 12.2. The molecule has 0 radical (unpaired) electrons. The number of aromatic nitrogens is 2. The Morgan fingerprint density at radius 3 is 2.78 bits per heavy atom. The fraction of sp³-hybridized carbons (Fsp3) is 0.0667. The largest absolute Gasteiger partial charge is 0.495 e. The number of carbonyl (C=O) groups excluding carboxylic acids is 1. The molecule has 8 nitrogen and oxygen atoms in total. The molecular weight excluding hydrogens is 296 g/mol. The molecule has 8 heteroatoms. The van der Waals surface area contributed by atoms with Gasteiger partial charge in [-0.1, -0.05) is 24.3 Å². The Morgan fingerprint density at radius 1 is 1.26 bits per heavy atom. The van der Waals surface area contributed by atoms with Gasteiger partial charge in [0, 0.05) is 4.91 Å². The number of nitrogens with one attached hydrogen (secondary N) is 1. The van der Waals surface area contributed by atoms with Gasteiger partial charge in [0.05, 0.1) is 23.8 Å². The maximum Gasteiger partial charge on any atom is 0.332 e. The summed E-state index contributed by atoms with van der Waals surface area (Å²) in [5.41, 5.74) is 10.3. The lowest BCUT2D eigenvalue weighted by Gasteiger charge is -2.11. The molecule has 2 aromatic carbocycles. The number of hydrogen-bond donors (Lipinski definition) is 1. The van der Waals surface area contributed by atoms with E-state index in [9.17, 15) is 4.79 Å². The van der Waals surface area contributed by atoms with Crippen LogP contribution in [-0.4, -0.2) is 22.7 Å². The first kappa shape index (κ1) is 14.4. The summed E-state index contributed by atoms with van der Waals surface area (Å²) in [6.45, 7) is 0. The molecule has 1 N–H and O–H groups in total. The van der Waals surface area contributed by atoms with Gasteiger partial charge in [-0.25, -0.2) is 14.3 Å². The number of ether oxygens (including phenoxy) is 1. The second-order valence-electron chi connectivity index (χ2n) is 4.56. The fourth-order valence-electron chi connectivity index (χ4n) is 2.24. The molecule has 0 atom stereocenters. The zero-order valence-electron chi connectivity index (χ0n) is 12.2. The maximum atomic E-state index is 12.6. The highest BCUT2D eigenvalue weighted by atomic mass is 16.5. The molecule has 1 aromatic heterocycles. The Balaban J connectivity index is 2.07. The Kier molecular flexibility index (Phi) is 3.82. The lowest BCUT2D eigenvalue weighted by Crippen LogP contribution is -2.19. The van der Waals surface area contributed by atoms with Gasteiger partial charge in [-0.15, -0.1) is 0 Å². The van der Waals surface area contributed by atoms with Crippen LogP contribution >= 0.6 is 0 Å². The van der Waals surface area contributed by atoms with Crippen LogP contribution in [0.1, 0.15) is 0 Å². The summed E-state index contributed by atoms with van der Waals surface area (Å²) >= 11 is 0. The van der Waals surface area contributed by atoms with Gasteiger partial charge in [0.15, 0.2) is 0 Å². The standard InChI is InChI=1S/C15H12N6O2/c1-23-13-9-5-3-7-11(13)18-15(22)21-12-8-4-2-6-10(12)17-14(21)19-20-16/h2-9H,1H3,(H,18,22). The van der Waals surface area contributed by atoms with Crippen molar-refractivity contribution in [1.29, 1.82) is 0 Å². The van der Waals surface area contributed by atoms with Gasteiger partial charge in [0.1, 0.15) is 5.75 Å². The molecule has 0 spiro atoms. The molecule has 1 amide bonds. The van der Waals surface area contributed by atoms with Gasteiger partial charge in [0.25, 0.3) is 0 Å². The third kappa shape index (κ3) is 2.66. The maximum absolute atomic E-state index is 12.6. The van der Waals surface area contributed by atoms with E-state index in [1.807, 2.05) is 0 Å². The molecule has 0 saturated carbocycles. The molecule has 0 aliphatic heterocycles. The molecule has 23 heavy (non-hydrogen) atoms. The van der Waals surface area contributed by atoms with Crippen molar-refractivity contribution in [2.24, 2.45) is 5.11 Å². The molecule has 0 bridgehead atoms. The molecule has 3 rings (SSSR count). The van der Waals surface area contributed by atoms with E-state index in [0.29, 0.717) is 22.5 Å². The van der Waals surface area contributed by atoms with Crippen LogP contribution in [0.15, 0.2) is 53.6 Å². The van der Waals surface area contributed by atoms with Gasteiger partial charge in [-0.05, 0) is 34.9 Å². The smallest absolute Gasteiger partial charge is 0.332 e. The molecule has 114 valence electrons. The van der Waals surface area contributed by atoms with Crippen molar-refractivity contribution in [1.82, 2.24) is 9.55 Å². The first-order valence-corrected chi connectivity index (χ1v) is 6.71. The molecule has 0 aliphatic carbocycles. The second-order valence-corrected chi connectivity index (χ2v) is 4.56. The summed E-state index contributed by atoms with van der Waals surface area (Å²) in [7, 11) is 1.52. The number of carbonyl (C=O) groups is 1. The van der Waals surface area contributed by atoms with Gasteiger partial charge in [0.2, 0.25) is 5.95 Å². The van der Waals surface area contributed by atoms with Gasteiger partial charge < -0.3 is 10.1 Å². The number of hydrogen-bond acceptors (Lipinski definition) is 4. The van der Waals surface area contributed by atoms with E-state index >= 15 is 0 Å². The lowest BCUT2D eigenvalue weighted by molar-refractivity contribution is 0.254. The number of imidazole rings is 1. The van der Waals surface area contributed by atoms with Crippen LogP contribution in [-0.2, 0) is 0 Å². The number of methoxy groups -OCH3 is 1. The van der Waals surface area contributed by atoms with E-state index in [0.717, 1.165) is 0 Å². The van der Waals surface area contributed by atoms with E-state index < -0.39 is 6.03 Å². The van der Waals surface area contributed by atoms with Crippen molar-refractivity contribution < 1.29 is 9.53 Å². The second kappa shape index (κ2) is 6.08. The van der Waals surface area contributed by atoms with E-state index in [1.54, 1.807) is 48.5 Å². The molecule has 0 unspecified atom stereocenters. The van der Waals surface area contributed by atoms with Crippen LogP contribution in [0, 0.1) is 0 Å². The van der Waals surface area contributed by atoms with Crippen molar-refractivity contribution in [3.05, 3.63) is 59.0 Å². The number of nitrogens with zero attached hydrogens (tertiary/aromatic N) is 5. The third-order valence-corrected chi connectivity index (χ3v) is 3.23.